The molecule has 116 valence electrons. The number of benzene rings is 1. The topological polar surface area (TPSA) is 44.4 Å². The van der Waals surface area contributed by atoms with Gasteiger partial charge in [-0.3, -0.25) is 9.69 Å². The number of nitrogens with zero attached hydrogens (tertiary/aromatic N) is 1. The second-order valence-corrected chi connectivity index (χ2v) is 6.08. The van der Waals surface area contributed by atoms with Crippen LogP contribution < -0.4 is 10.6 Å². The quantitative estimate of drug-likeness (QED) is 0.839. The third-order valence-corrected chi connectivity index (χ3v) is 3.85. The molecule has 1 fully saturated rings. The Morgan fingerprint density at radius 1 is 1.33 bits per heavy atom. The van der Waals surface area contributed by atoms with Crippen molar-refractivity contribution in [1.29, 1.82) is 0 Å². The Morgan fingerprint density at radius 3 is 2.67 bits per heavy atom. The summed E-state index contributed by atoms with van der Waals surface area (Å²) < 4.78 is 0. The van der Waals surface area contributed by atoms with Gasteiger partial charge in [0.25, 0.3) is 0 Å². The minimum Gasteiger partial charge on any atom is -0.355 e. The van der Waals surface area contributed by atoms with Crippen molar-refractivity contribution in [2.75, 3.05) is 13.1 Å². The van der Waals surface area contributed by atoms with Gasteiger partial charge in [0.05, 0.1) is 6.04 Å². The van der Waals surface area contributed by atoms with Crippen LogP contribution in [-0.4, -0.2) is 42.0 Å². The molecule has 1 saturated heterocycles. The van der Waals surface area contributed by atoms with Crippen LogP contribution in [0.3, 0.4) is 0 Å². The van der Waals surface area contributed by atoms with E-state index in [1.54, 1.807) is 0 Å². The minimum absolute atomic E-state index is 0.0265. The van der Waals surface area contributed by atoms with Crippen molar-refractivity contribution in [3.8, 4) is 0 Å². The molecule has 0 bridgehead atoms. The summed E-state index contributed by atoms with van der Waals surface area (Å²) in [5.41, 5.74) is 1.26. The van der Waals surface area contributed by atoms with Crippen LogP contribution in [0.25, 0.3) is 0 Å². The summed E-state index contributed by atoms with van der Waals surface area (Å²) in [6.45, 7) is 8.73. The number of hydrogen-bond acceptors (Lipinski definition) is 3. The van der Waals surface area contributed by atoms with E-state index in [0.717, 1.165) is 19.5 Å². The van der Waals surface area contributed by atoms with Crippen LogP contribution in [0.1, 0.15) is 32.8 Å². The van der Waals surface area contributed by atoms with Crippen molar-refractivity contribution in [2.45, 2.75) is 51.9 Å². The van der Waals surface area contributed by atoms with E-state index in [1.165, 1.54) is 5.56 Å². The lowest BCUT2D eigenvalue weighted by molar-refractivity contribution is -0.125. The standard InChI is InChI=1S/C17H27N3O/c1-4-18-17(21)16-10-15(19-13(2)3)12-20(16)11-14-8-6-5-7-9-14/h5-9,13,15-16,19H,4,10-12H2,1-3H3,(H,18,21)/t15-,16-/m0/s1. The third-order valence-electron chi connectivity index (χ3n) is 3.85. The Bertz CT molecular complexity index is 447. The molecule has 4 heteroatoms. The van der Waals surface area contributed by atoms with Crippen molar-refractivity contribution in [3.63, 3.8) is 0 Å². The summed E-state index contributed by atoms with van der Waals surface area (Å²) in [4.78, 5) is 14.6. The van der Waals surface area contributed by atoms with E-state index in [0.29, 0.717) is 18.6 Å². The Labute approximate surface area is 127 Å². The smallest absolute Gasteiger partial charge is 0.237 e. The van der Waals surface area contributed by atoms with Gasteiger partial charge in [-0.25, -0.2) is 0 Å². The Morgan fingerprint density at radius 2 is 2.05 bits per heavy atom. The molecule has 1 aliphatic heterocycles. The number of carbonyl (C=O) groups excluding carboxylic acids is 1. The fraction of sp³-hybridized carbons (Fsp3) is 0.588. The van der Waals surface area contributed by atoms with E-state index in [4.69, 9.17) is 0 Å². The summed E-state index contributed by atoms with van der Waals surface area (Å²) in [6, 6.07) is 11.2. The minimum atomic E-state index is -0.0265. The highest BCUT2D eigenvalue weighted by atomic mass is 16.2. The number of amides is 1. The van der Waals surface area contributed by atoms with Crippen LogP contribution in [0.15, 0.2) is 30.3 Å². The first-order valence-corrected chi connectivity index (χ1v) is 7.92. The zero-order valence-electron chi connectivity index (χ0n) is 13.3. The number of likely N-dealkylation sites (tertiary alicyclic amines) is 1. The summed E-state index contributed by atoms with van der Waals surface area (Å²) in [5, 5.41) is 6.53. The highest BCUT2D eigenvalue weighted by Crippen LogP contribution is 2.21. The van der Waals surface area contributed by atoms with Crippen LogP contribution in [-0.2, 0) is 11.3 Å². The molecule has 0 radical (unpaired) electrons. The predicted molar refractivity (Wildman–Crippen MR) is 86.0 cm³/mol. The first-order valence-electron chi connectivity index (χ1n) is 7.92. The molecule has 0 aromatic heterocycles. The highest BCUT2D eigenvalue weighted by Gasteiger charge is 2.36. The van der Waals surface area contributed by atoms with Crippen molar-refractivity contribution < 1.29 is 4.79 Å². The Kier molecular flexibility index (Phi) is 5.76. The van der Waals surface area contributed by atoms with Crippen LogP contribution >= 0.6 is 0 Å². The molecule has 1 aliphatic rings. The van der Waals surface area contributed by atoms with Crippen molar-refractivity contribution in [2.24, 2.45) is 0 Å². The summed E-state index contributed by atoms with van der Waals surface area (Å²) in [7, 11) is 0. The molecule has 2 atom stereocenters. The summed E-state index contributed by atoms with van der Waals surface area (Å²) in [5.74, 6) is 0.154. The van der Waals surface area contributed by atoms with E-state index in [2.05, 4.69) is 53.6 Å². The van der Waals surface area contributed by atoms with Crippen LogP contribution in [0, 0.1) is 0 Å². The fourth-order valence-corrected chi connectivity index (χ4v) is 3.05. The largest absolute Gasteiger partial charge is 0.355 e. The fourth-order valence-electron chi connectivity index (χ4n) is 3.05. The monoisotopic (exact) mass is 289 g/mol. The summed E-state index contributed by atoms with van der Waals surface area (Å²) >= 11 is 0. The molecular weight excluding hydrogens is 262 g/mol. The number of nitrogens with one attached hydrogen (secondary N) is 2. The van der Waals surface area contributed by atoms with Crippen molar-refractivity contribution in [1.82, 2.24) is 15.5 Å². The first-order chi connectivity index (χ1) is 10.1. The molecular formula is C17H27N3O. The molecule has 21 heavy (non-hydrogen) atoms. The average Bonchev–Trinajstić information content (AvgIpc) is 2.82. The lowest BCUT2D eigenvalue weighted by Gasteiger charge is -2.23. The van der Waals surface area contributed by atoms with Gasteiger partial charge in [-0.15, -0.1) is 0 Å². The molecule has 2 rings (SSSR count). The van der Waals surface area contributed by atoms with Gasteiger partial charge in [0.15, 0.2) is 0 Å². The van der Waals surface area contributed by atoms with Gasteiger partial charge in [-0.05, 0) is 18.9 Å². The highest BCUT2D eigenvalue weighted by molar-refractivity contribution is 5.82. The van der Waals surface area contributed by atoms with E-state index < -0.39 is 0 Å². The number of rotatable bonds is 6. The van der Waals surface area contributed by atoms with Crippen molar-refractivity contribution >= 4 is 5.91 Å². The lowest BCUT2D eigenvalue weighted by atomic mass is 10.1. The molecule has 1 heterocycles. The normalized spacial score (nSPS) is 22.7. The van der Waals surface area contributed by atoms with E-state index in [1.807, 2.05) is 13.0 Å². The van der Waals surface area contributed by atoms with Gasteiger partial charge < -0.3 is 10.6 Å². The van der Waals surface area contributed by atoms with Gasteiger partial charge >= 0.3 is 0 Å². The number of carbonyl (C=O) groups is 1. The predicted octanol–water partition coefficient (Wildman–Crippen LogP) is 1.76. The maximum Gasteiger partial charge on any atom is 0.237 e. The maximum atomic E-state index is 12.3. The van der Waals surface area contributed by atoms with Crippen LogP contribution in [0.2, 0.25) is 0 Å². The number of likely N-dealkylation sites (N-methyl/N-ethyl adjacent to an activating group) is 1. The second-order valence-electron chi connectivity index (χ2n) is 6.08. The molecule has 0 unspecified atom stereocenters. The van der Waals surface area contributed by atoms with Gasteiger partial charge in [-0.1, -0.05) is 44.2 Å². The molecule has 1 aromatic carbocycles. The molecule has 4 nitrogen and oxygen atoms in total. The van der Waals surface area contributed by atoms with Gasteiger partial charge in [0.1, 0.15) is 0 Å². The molecule has 1 amide bonds. The van der Waals surface area contributed by atoms with Gasteiger partial charge in [0.2, 0.25) is 5.91 Å². The van der Waals surface area contributed by atoms with Crippen LogP contribution in [0.4, 0.5) is 0 Å². The zero-order valence-corrected chi connectivity index (χ0v) is 13.3. The molecule has 0 aliphatic carbocycles. The Balaban J connectivity index is 2.05. The maximum absolute atomic E-state index is 12.3. The average molecular weight is 289 g/mol. The molecule has 0 saturated carbocycles. The molecule has 0 spiro atoms. The Hall–Kier alpha value is -1.39. The lowest BCUT2D eigenvalue weighted by Crippen LogP contribution is -2.42. The van der Waals surface area contributed by atoms with E-state index >= 15 is 0 Å². The SMILES string of the molecule is CCNC(=O)[C@@H]1C[C@H](NC(C)C)CN1Cc1ccccc1. The molecule has 1 aromatic rings. The van der Waals surface area contributed by atoms with Crippen LogP contribution in [0.5, 0.6) is 0 Å². The first kappa shape index (κ1) is 16.0. The summed E-state index contributed by atoms with van der Waals surface area (Å²) in [6.07, 6.45) is 0.886. The van der Waals surface area contributed by atoms with E-state index in [9.17, 15) is 4.79 Å². The zero-order chi connectivity index (χ0) is 15.2. The van der Waals surface area contributed by atoms with Gasteiger partial charge in [0, 0.05) is 31.7 Å². The van der Waals surface area contributed by atoms with Crippen molar-refractivity contribution in [3.05, 3.63) is 35.9 Å². The third kappa shape index (κ3) is 4.55. The van der Waals surface area contributed by atoms with Gasteiger partial charge in [-0.2, -0.15) is 0 Å². The molecule has 2 N–H and O–H groups in total. The van der Waals surface area contributed by atoms with E-state index in [-0.39, 0.29) is 11.9 Å². The number of hydrogen-bond donors (Lipinski definition) is 2. The second kappa shape index (κ2) is 7.57.